The Morgan fingerprint density at radius 2 is 1.61 bits per heavy atom. The first-order valence-electron chi connectivity index (χ1n) is 6.90. The summed E-state index contributed by atoms with van der Waals surface area (Å²) in [6, 6.07) is 11.1. The summed E-state index contributed by atoms with van der Waals surface area (Å²) >= 11 is 0. The summed E-state index contributed by atoms with van der Waals surface area (Å²) in [5.74, 6) is -0.633. The molecule has 2 aromatic rings. The van der Waals surface area contributed by atoms with Gasteiger partial charge >= 0.3 is 6.16 Å². The first-order chi connectivity index (χ1) is 11.1. The number of carbonyl (C=O) groups is 3. The zero-order valence-electron chi connectivity index (χ0n) is 12.1. The van der Waals surface area contributed by atoms with E-state index in [1.807, 2.05) is 0 Å². The maximum absolute atomic E-state index is 12.7. The van der Waals surface area contributed by atoms with Crippen molar-refractivity contribution >= 4 is 17.7 Å². The normalized spacial score (nSPS) is 12.2. The van der Waals surface area contributed by atoms with Crippen LogP contribution in [0.2, 0.25) is 0 Å². The summed E-state index contributed by atoms with van der Waals surface area (Å²) in [4.78, 5) is 36.8. The molecule has 0 radical (unpaired) electrons. The van der Waals surface area contributed by atoms with Crippen LogP contribution in [0.1, 0.15) is 31.8 Å². The van der Waals surface area contributed by atoms with E-state index in [9.17, 15) is 14.4 Å². The number of hydrogen-bond donors (Lipinski definition) is 0. The van der Waals surface area contributed by atoms with Crippen LogP contribution < -0.4 is 4.74 Å². The SMILES string of the molecule is C=CCOC(=O)Oc1cccc2c1C(=O)c1ccccc1C2=O. The Bertz CT molecular complexity index is 835. The van der Waals surface area contributed by atoms with Crippen LogP contribution in [0.15, 0.2) is 55.1 Å². The molecule has 1 aliphatic rings. The maximum atomic E-state index is 12.7. The van der Waals surface area contributed by atoms with Gasteiger partial charge in [-0.1, -0.05) is 49.1 Å². The predicted octanol–water partition coefficient (Wildman–Crippen LogP) is 3.16. The van der Waals surface area contributed by atoms with Crippen molar-refractivity contribution in [3.05, 3.63) is 77.4 Å². The van der Waals surface area contributed by atoms with Gasteiger partial charge in [-0.25, -0.2) is 4.79 Å². The van der Waals surface area contributed by atoms with E-state index in [2.05, 4.69) is 6.58 Å². The third-order valence-corrected chi connectivity index (χ3v) is 3.43. The molecule has 0 spiro atoms. The van der Waals surface area contributed by atoms with Gasteiger partial charge in [0.05, 0.1) is 5.56 Å². The van der Waals surface area contributed by atoms with Crippen molar-refractivity contribution < 1.29 is 23.9 Å². The highest BCUT2D eigenvalue weighted by molar-refractivity contribution is 6.29. The van der Waals surface area contributed by atoms with Crippen LogP contribution in [0.4, 0.5) is 4.79 Å². The molecule has 5 nitrogen and oxygen atoms in total. The Labute approximate surface area is 132 Å². The molecular formula is C18H12O5. The highest BCUT2D eigenvalue weighted by Crippen LogP contribution is 2.33. The molecule has 2 aromatic carbocycles. The maximum Gasteiger partial charge on any atom is 0.514 e. The van der Waals surface area contributed by atoms with Crippen LogP contribution in [-0.2, 0) is 4.74 Å². The fraction of sp³-hybridized carbons (Fsp3) is 0.0556. The zero-order chi connectivity index (χ0) is 16.4. The lowest BCUT2D eigenvalue weighted by Gasteiger charge is -2.19. The predicted molar refractivity (Wildman–Crippen MR) is 81.9 cm³/mol. The number of fused-ring (bicyclic) bond motifs is 2. The number of ketones is 2. The zero-order valence-corrected chi connectivity index (χ0v) is 12.1. The fourth-order valence-corrected chi connectivity index (χ4v) is 2.44. The molecule has 0 heterocycles. The Kier molecular flexibility index (Phi) is 3.76. The lowest BCUT2D eigenvalue weighted by atomic mass is 9.84. The van der Waals surface area contributed by atoms with Crippen molar-refractivity contribution in [2.75, 3.05) is 6.61 Å². The molecule has 0 saturated heterocycles. The van der Waals surface area contributed by atoms with Gasteiger partial charge in [-0.15, -0.1) is 0 Å². The number of ether oxygens (including phenoxy) is 2. The van der Waals surface area contributed by atoms with Gasteiger partial charge in [-0.05, 0) is 6.07 Å². The van der Waals surface area contributed by atoms with Gasteiger partial charge in [0.25, 0.3) is 0 Å². The Morgan fingerprint density at radius 3 is 2.30 bits per heavy atom. The fourth-order valence-electron chi connectivity index (χ4n) is 2.44. The van der Waals surface area contributed by atoms with Crippen molar-refractivity contribution in [3.63, 3.8) is 0 Å². The molecule has 0 N–H and O–H groups in total. The van der Waals surface area contributed by atoms with Gasteiger partial charge in [0, 0.05) is 16.7 Å². The van der Waals surface area contributed by atoms with E-state index in [4.69, 9.17) is 9.47 Å². The minimum absolute atomic E-state index is 0.00409. The van der Waals surface area contributed by atoms with Crippen molar-refractivity contribution in [1.82, 2.24) is 0 Å². The smallest absolute Gasteiger partial charge is 0.430 e. The number of benzene rings is 2. The Morgan fingerprint density at radius 1 is 0.957 bits per heavy atom. The number of hydrogen-bond acceptors (Lipinski definition) is 5. The second kappa shape index (κ2) is 5.88. The van der Waals surface area contributed by atoms with Crippen molar-refractivity contribution in [1.29, 1.82) is 0 Å². The molecule has 0 aliphatic heterocycles. The van der Waals surface area contributed by atoms with Gasteiger partial charge in [-0.3, -0.25) is 9.59 Å². The van der Waals surface area contributed by atoms with Gasteiger partial charge in [-0.2, -0.15) is 0 Å². The van der Waals surface area contributed by atoms with Crippen LogP contribution >= 0.6 is 0 Å². The van der Waals surface area contributed by atoms with E-state index in [0.717, 1.165) is 0 Å². The van der Waals surface area contributed by atoms with E-state index in [0.29, 0.717) is 11.1 Å². The molecule has 0 aromatic heterocycles. The second-order valence-corrected chi connectivity index (χ2v) is 4.83. The standard InChI is InChI=1S/C18H12O5/c1-2-10-22-18(21)23-14-9-5-8-13-15(14)17(20)12-7-4-3-6-11(12)16(13)19/h2-9H,1,10H2. The largest absolute Gasteiger partial charge is 0.514 e. The van der Waals surface area contributed by atoms with Gasteiger partial charge < -0.3 is 9.47 Å². The summed E-state index contributed by atoms with van der Waals surface area (Å²) in [5.41, 5.74) is 0.923. The molecule has 0 fully saturated rings. The minimum Gasteiger partial charge on any atom is -0.430 e. The molecule has 23 heavy (non-hydrogen) atoms. The summed E-state index contributed by atoms with van der Waals surface area (Å²) in [6.45, 7) is 3.42. The van der Waals surface area contributed by atoms with Crippen LogP contribution in [0.3, 0.4) is 0 Å². The van der Waals surface area contributed by atoms with E-state index in [1.54, 1.807) is 30.3 Å². The molecule has 3 rings (SSSR count). The first kappa shape index (κ1) is 14.7. The molecule has 0 unspecified atom stereocenters. The number of rotatable bonds is 3. The molecule has 114 valence electrons. The average Bonchev–Trinajstić information content (AvgIpc) is 2.57. The van der Waals surface area contributed by atoms with Crippen molar-refractivity contribution in [2.45, 2.75) is 0 Å². The van der Waals surface area contributed by atoms with Crippen LogP contribution in [0, 0.1) is 0 Å². The van der Waals surface area contributed by atoms with Gasteiger partial charge in [0.2, 0.25) is 0 Å². The number of carbonyl (C=O) groups excluding carboxylic acids is 3. The Balaban J connectivity index is 2.04. The highest BCUT2D eigenvalue weighted by Gasteiger charge is 2.32. The van der Waals surface area contributed by atoms with Gasteiger partial charge in [0.15, 0.2) is 11.6 Å². The summed E-state index contributed by atoms with van der Waals surface area (Å²) in [6.07, 6.45) is 0.435. The monoisotopic (exact) mass is 308 g/mol. The van der Waals surface area contributed by atoms with Crippen molar-refractivity contribution in [2.24, 2.45) is 0 Å². The van der Waals surface area contributed by atoms with E-state index >= 15 is 0 Å². The lowest BCUT2D eigenvalue weighted by molar-refractivity contribution is 0.0964. The summed E-state index contributed by atoms with van der Waals surface area (Å²) in [7, 11) is 0. The highest BCUT2D eigenvalue weighted by atomic mass is 16.7. The summed E-state index contributed by atoms with van der Waals surface area (Å²) < 4.78 is 9.81. The molecule has 0 saturated carbocycles. The third kappa shape index (κ3) is 2.53. The third-order valence-electron chi connectivity index (χ3n) is 3.43. The van der Waals surface area contributed by atoms with Crippen LogP contribution in [0.5, 0.6) is 5.75 Å². The van der Waals surface area contributed by atoms with E-state index < -0.39 is 6.16 Å². The van der Waals surface area contributed by atoms with Gasteiger partial charge in [0.1, 0.15) is 12.4 Å². The molecule has 0 bridgehead atoms. The first-order valence-corrected chi connectivity index (χ1v) is 6.90. The average molecular weight is 308 g/mol. The van der Waals surface area contributed by atoms with Crippen molar-refractivity contribution in [3.8, 4) is 5.75 Å². The molecule has 1 aliphatic carbocycles. The lowest BCUT2D eigenvalue weighted by Crippen LogP contribution is -2.22. The van der Waals surface area contributed by atoms with E-state index in [1.165, 1.54) is 18.2 Å². The Hall–Kier alpha value is -3.21. The molecule has 0 atom stereocenters. The van der Waals surface area contributed by atoms with Crippen LogP contribution in [0.25, 0.3) is 0 Å². The topological polar surface area (TPSA) is 69.7 Å². The quantitative estimate of drug-likeness (QED) is 0.422. The molecule has 0 amide bonds. The van der Waals surface area contributed by atoms with E-state index in [-0.39, 0.29) is 35.0 Å². The molecule has 5 heteroatoms. The summed E-state index contributed by atoms with van der Waals surface area (Å²) in [5, 5.41) is 0. The molecular weight excluding hydrogens is 296 g/mol. The van der Waals surface area contributed by atoms with Crippen LogP contribution in [-0.4, -0.2) is 24.3 Å². The minimum atomic E-state index is -0.961. The second-order valence-electron chi connectivity index (χ2n) is 4.83.